The summed E-state index contributed by atoms with van der Waals surface area (Å²) >= 11 is 0. The van der Waals surface area contributed by atoms with E-state index in [0.29, 0.717) is 19.4 Å². The molecule has 1 heterocycles. The van der Waals surface area contributed by atoms with Crippen molar-refractivity contribution in [1.82, 2.24) is 9.55 Å². The van der Waals surface area contributed by atoms with E-state index in [1.807, 2.05) is 13.8 Å². The predicted molar refractivity (Wildman–Crippen MR) is 113 cm³/mol. The van der Waals surface area contributed by atoms with E-state index in [9.17, 15) is 18.8 Å². The first-order chi connectivity index (χ1) is 13.9. The van der Waals surface area contributed by atoms with Gasteiger partial charge in [-0.3, -0.25) is 19.1 Å². The molecule has 8 heteroatoms. The van der Waals surface area contributed by atoms with Crippen LogP contribution in [0.2, 0.25) is 0 Å². The highest BCUT2D eigenvalue weighted by molar-refractivity contribution is 5.96. The van der Waals surface area contributed by atoms with Crippen LogP contribution in [0, 0.1) is 5.82 Å². The first-order valence-electron chi connectivity index (χ1n) is 10.1. The van der Waals surface area contributed by atoms with Gasteiger partial charge in [-0.25, -0.2) is 9.18 Å². The Morgan fingerprint density at radius 2 is 1.83 bits per heavy atom. The van der Waals surface area contributed by atoms with Gasteiger partial charge in [0.05, 0.1) is 6.42 Å². The molecule has 0 aliphatic heterocycles. The Morgan fingerprint density at radius 1 is 1.14 bits per heavy atom. The van der Waals surface area contributed by atoms with Gasteiger partial charge in [-0.15, -0.1) is 0 Å². The molecule has 2 rings (SSSR count). The van der Waals surface area contributed by atoms with Gasteiger partial charge in [-0.1, -0.05) is 51.3 Å². The van der Waals surface area contributed by atoms with E-state index in [1.165, 1.54) is 21.6 Å². The molecule has 1 aromatic carbocycles. The maximum absolute atomic E-state index is 14.0. The van der Waals surface area contributed by atoms with E-state index < -0.39 is 23.0 Å². The summed E-state index contributed by atoms with van der Waals surface area (Å²) in [5.74, 6) is -0.959. The fourth-order valence-electron chi connectivity index (χ4n) is 3.16. The Morgan fingerprint density at radius 3 is 2.48 bits per heavy atom. The third-order valence-electron chi connectivity index (χ3n) is 4.81. The van der Waals surface area contributed by atoms with E-state index in [-0.39, 0.29) is 30.0 Å². The van der Waals surface area contributed by atoms with Crippen LogP contribution >= 0.6 is 0 Å². The number of halogens is 1. The second-order valence-electron chi connectivity index (χ2n) is 7.02. The number of H-pyrrole nitrogens is 1. The number of aromatic amines is 1. The number of nitrogens with one attached hydrogen (secondary N) is 1. The van der Waals surface area contributed by atoms with Crippen molar-refractivity contribution in [2.24, 2.45) is 0 Å². The number of rotatable bonds is 10. The maximum Gasteiger partial charge on any atom is 0.330 e. The largest absolute Gasteiger partial charge is 0.383 e. The predicted octanol–water partition coefficient (Wildman–Crippen LogP) is 2.82. The van der Waals surface area contributed by atoms with Crippen LogP contribution in [0.3, 0.4) is 0 Å². The number of nitrogens with two attached hydrogens (primary N) is 1. The van der Waals surface area contributed by atoms with Crippen LogP contribution in [-0.4, -0.2) is 22.0 Å². The number of carbonyl (C=O) groups is 1. The number of hydrogen-bond acceptors (Lipinski definition) is 4. The smallest absolute Gasteiger partial charge is 0.330 e. The lowest BCUT2D eigenvalue weighted by atomic mass is 10.1. The van der Waals surface area contributed by atoms with Crippen molar-refractivity contribution in [1.29, 1.82) is 0 Å². The number of nitrogens with zero attached hydrogens (tertiary/aromatic N) is 2. The lowest BCUT2D eigenvalue weighted by molar-refractivity contribution is -0.118. The number of benzene rings is 1. The molecule has 7 nitrogen and oxygen atoms in total. The molecule has 0 bridgehead atoms. The number of nitrogen functional groups attached to an aromatic ring is 1. The number of hydrogen-bond donors (Lipinski definition) is 2. The molecule has 0 atom stereocenters. The average molecular weight is 404 g/mol. The Labute approximate surface area is 169 Å². The summed E-state index contributed by atoms with van der Waals surface area (Å²) in [4.78, 5) is 41.3. The van der Waals surface area contributed by atoms with E-state index in [0.717, 1.165) is 19.3 Å². The fourth-order valence-corrected chi connectivity index (χ4v) is 3.16. The molecule has 2 aromatic rings. The Kier molecular flexibility index (Phi) is 8.18. The summed E-state index contributed by atoms with van der Waals surface area (Å²) < 4.78 is 15.3. The zero-order valence-electron chi connectivity index (χ0n) is 17.0. The van der Waals surface area contributed by atoms with Crippen LogP contribution in [-0.2, 0) is 17.8 Å². The molecule has 0 fully saturated rings. The van der Waals surface area contributed by atoms with Crippen molar-refractivity contribution >= 4 is 17.4 Å². The van der Waals surface area contributed by atoms with Crippen molar-refractivity contribution in [2.45, 2.75) is 58.9 Å². The Bertz CT molecular complexity index is 952. The minimum Gasteiger partial charge on any atom is -0.383 e. The van der Waals surface area contributed by atoms with Gasteiger partial charge in [0.1, 0.15) is 11.6 Å². The quantitative estimate of drug-likeness (QED) is 0.595. The monoisotopic (exact) mass is 404 g/mol. The molecule has 0 aliphatic rings. The molecule has 158 valence electrons. The molecule has 0 saturated heterocycles. The molecular weight excluding hydrogens is 375 g/mol. The Hall–Kier alpha value is -2.90. The highest BCUT2D eigenvalue weighted by Gasteiger charge is 2.24. The summed E-state index contributed by atoms with van der Waals surface area (Å²) in [6.45, 7) is 4.61. The minimum atomic E-state index is -0.710. The minimum absolute atomic E-state index is 0.0365. The Balaban J connectivity index is 2.46. The van der Waals surface area contributed by atoms with Crippen molar-refractivity contribution in [3.63, 3.8) is 0 Å². The third-order valence-corrected chi connectivity index (χ3v) is 4.81. The lowest BCUT2D eigenvalue weighted by Gasteiger charge is -2.25. The summed E-state index contributed by atoms with van der Waals surface area (Å²) in [5, 5.41) is 0. The molecule has 0 unspecified atom stereocenters. The van der Waals surface area contributed by atoms with E-state index in [1.54, 1.807) is 12.1 Å². The van der Waals surface area contributed by atoms with Gasteiger partial charge in [0.2, 0.25) is 5.91 Å². The molecular formula is C21H29FN4O3. The molecule has 3 N–H and O–H groups in total. The lowest BCUT2D eigenvalue weighted by Crippen LogP contribution is -2.42. The second kappa shape index (κ2) is 10.6. The van der Waals surface area contributed by atoms with Gasteiger partial charge in [-0.2, -0.15) is 0 Å². The highest BCUT2D eigenvalue weighted by atomic mass is 19.1. The summed E-state index contributed by atoms with van der Waals surface area (Å²) in [5.41, 5.74) is 5.06. The van der Waals surface area contributed by atoms with Crippen LogP contribution in [0.25, 0.3) is 0 Å². The molecule has 0 saturated carbocycles. The summed E-state index contributed by atoms with van der Waals surface area (Å²) in [6.07, 6.45) is 3.79. The topological polar surface area (TPSA) is 101 Å². The van der Waals surface area contributed by atoms with Gasteiger partial charge in [0, 0.05) is 13.1 Å². The number of aromatic nitrogens is 2. The second-order valence-corrected chi connectivity index (χ2v) is 7.02. The molecule has 0 spiro atoms. The van der Waals surface area contributed by atoms with Crippen molar-refractivity contribution in [3.8, 4) is 0 Å². The molecule has 0 aliphatic carbocycles. The van der Waals surface area contributed by atoms with Gasteiger partial charge < -0.3 is 10.6 Å². The first-order valence-corrected chi connectivity index (χ1v) is 10.1. The van der Waals surface area contributed by atoms with E-state index in [4.69, 9.17) is 5.73 Å². The SMILES string of the molecule is CCCCCN(C(=O)Cc1ccccc1F)c1c(N)n(CCCC)c(=O)[nH]c1=O. The zero-order chi connectivity index (χ0) is 21.4. The fraction of sp³-hybridized carbons (Fsp3) is 0.476. The van der Waals surface area contributed by atoms with Gasteiger partial charge >= 0.3 is 5.69 Å². The van der Waals surface area contributed by atoms with Crippen molar-refractivity contribution < 1.29 is 9.18 Å². The van der Waals surface area contributed by atoms with Crippen LogP contribution in [0.4, 0.5) is 15.9 Å². The average Bonchev–Trinajstić information content (AvgIpc) is 2.68. The van der Waals surface area contributed by atoms with Gasteiger partial charge in [-0.05, 0) is 24.5 Å². The number of amides is 1. The number of anilines is 2. The van der Waals surface area contributed by atoms with Crippen molar-refractivity contribution in [3.05, 3.63) is 56.5 Å². The molecule has 29 heavy (non-hydrogen) atoms. The molecule has 1 amide bonds. The van der Waals surface area contributed by atoms with E-state index >= 15 is 0 Å². The highest BCUT2D eigenvalue weighted by Crippen LogP contribution is 2.20. The summed E-state index contributed by atoms with van der Waals surface area (Å²) in [7, 11) is 0. The number of unbranched alkanes of at least 4 members (excludes halogenated alkanes) is 3. The van der Waals surface area contributed by atoms with Crippen molar-refractivity contribution in [2.75, 3.05) is 17.2 Å². The van der Waals surface area contributed by atoms with Gasteiger partial charge in [0.25, 0.3) is 5.56 Å². The summed E-state index contributed by atoms with van der Waals surface area (Å²) in [6, 6.07) is 6.03. The molecule has 0 radical (unpaired) electrons. The zero-order valence-corrected chi connectivity index (χ0v) is 17.0. The molecule has 1 aromatic heterocycles. The van der Waals surface area contributed by atoms with Crippen LogP contribution in [0.15, 0.2) is 33.9 Å². The van der Waals surface area contributed by atoms with Crippen LogP contribution in [0.1, 0.15) is 51.5 Å². The van der Waals surface area contributed by atoms with Gasteiger partial charge in [0.15, 0.2) is 5.69 Å². The van der Waals surface area contributed by atoms with Crippen LogP contribution < -0.4 is 21.9 Å². The van der Waals surface area contributed by atoms with Crippen LogP contribution in [0.5, 0.6) is 0 Å². The normalized spacial score (nSPS) is 10.9. The first kappa shape index (κ1) is 22.4. The maximum atomic E-state index is 14.0. The standard InChI is InChI=1S/C21H29FN4O3/c1-3-5-9-13-25(17(27)14-15-10-7-8-11-16(15)22)18-19(23)26(12-6-4-2)21(29)24-20(18)28/h7-8,10-11H,3-6,9,12-14,23H2,1-2H3,(H,24,28,29). The third kappa shape index (κ3) is 5.56. The number of carbonyl (C=O) groups excluding carboxylic acids is 1. The van der Waals surface area contributed by atoms with E-state index in [2.05, 4.69) is 4.98 Å².